The second-order valence-electron chi connectivity index (χ2n) is 10.1. The Bertz CT molecular complexity index is 1200. The molecule has 1 atom stereocenters. The van der Waals surface area contributed by atoms with Gasteiger partial charge in [-0.05, 0) is 73.6 Å². The summed E-state index contributed by atoms with van der Waals surface area (Å²) in [7, 11) is -1.96. The summed E-state index contributed by atoms with van der Waals surface area (Å²) in [6.45, 7) is 10.8. The monoisotopic (exact) mass is 545 g/mol. The standard InChI is InChI=1S/C29H43N3O5S/c1-8-27(29(34)30-19-21(2)3)31(20-24-11-9-12-26(18-24)37-6)28(33)13-10-16-32(38(7,35)36)25-15-14-22(4)23(5)17-25/h9,11-12,14-15,17-18,21,27H,8,10,13,16,19-20H2,1-7H3,(H,30,34)/t27-/m0/s1. The van der Waals surface area contributed by atoms with Crippen molar-refractivity contribution in [2.45, 2.75) is 66.5 Å². The highest BCUT2D eigenvalue weighted by molar-refractivity contribution is 7.92. The fourth-order valence-electron chi connectivity index (χ4n) is 4.19. The van der Waals surface area contributed by atoms with Crippen LogP contribution in [0.15, 0.2) is 42.5 Å². The molecule has 9 heteroatoms. The van der Waals surface area contributed by atoms with E-state index in [2.05, 4.69) is 5.32 Å². The molecule has 0 aliphatic heterocycles. The number of nitrogens with zero attached hydrogens (tertiary/aromatic N) is 2. The Morgan fingerprint density at radius 1 is 1.05 bits per heavy atom. The van der Waals surface area contributed by atoms with Gasteiger partial charge in [-0.3, -0.25) is 13.9 Å². The first-order valence-electron chi connectivity index (χ1n) is 13.1. The van der Waals surface area contributed by atoms with Gasteiger partial charge < -0.3 is 15.0 Å². The van der Waals surface area contributed by atoms with Crippen molar-refractivity contribution in [1.82, 2.24) is 10.2 Å². The van der Waals surface area contributed by atoms with Gasteiger partial charge >= 0.3 is 0 Å². The van der Waals surface area contributed by atoms with Crippen LogP contribution < -0.4 is 14.4 Å². The van der Waals surface area contributed by atoms with Crippen LogP contribution >= 0.6 is 0 Å². The molecule has 2 rings (SSSR count). The summed E-state index contributed by atoms with van der Waals surface area (Å²) in [5, 5.41) is 2.96. The Morgan fingerprint density at radius 2 is 1.76 bits per heavy atom. The molecule has 0 saturated carbocycles. The van der Waals surface area contributed by atoms with Gasteiger partial charge in [0.1, 0.15) is 11.8 Å². The van der Waals surface area contributed by atoms with Gasteiger partial charge in [0.15, 0.2) is 0 Å². The Morgan fingerprint density at radius 3 is 2.34 bits per heavy atom. The average Bonchev–Trinajstić information content (AvgIpc) is 2.86. The third-order valence-electron chi connectivity index (χ3n) is 6.49. The van der Waals surface area contributed by atoms with Crippen molar-refractivity contribution in [2.24, 2.45) is 5.92 Å². The van der Waals surface area contributed by atoms with Crippen molar-refractivity contribution in [1.29, 1.82) is 0 Å². The summed E-state index contributed by atoms with van der Waals surface area (Å²) in [5.41, 5.74) is 3.50. The first-order valence-corrected chi connectivity index (χ1v) is 15.0. The van der Waals surface area contributed by atoms with E-state index in [0.717, 1.165) is 16.7 Å². The first-order chi connectivity index (χ1) is 17.9. The molecule has 2 aromatic rings. The number of nitrogens with one attached hydrogen (secondary N) is 1. The van der Waals surface area contributed by atoms with E-state index < -0.39 is 16.1 Å². The van der Waals surface area contributed by atoms with Gasteiger partial charge in [-0.15, -0.1) is 0 Å². The third kappa shape index (κ3) is 9.04. The molecular formula is C29H43N3O5S. The lowest BCUT2D eigenvalue weighted by atomic mass is 10.1. The van der Waals surface area contributed by atoms with Crippen LogP contribution in [0.1, 0.15) is 56.7 Å². The highest BCUT2D eigenvalue weighted by Gasteiger charge is 2.29. The van der Waals surface area contributed by atoms with Crippen LogP contribution in [0.5, 0.6) is 5.75 Å². The summed E-state index contributed by atoms with van der Waals surface area (Å²) in [5.74, 6) is 0.564. The molecular weight excluding hydrogens is 502 g/mol. The average molecular weight is 546 g/mol. The maximum Gasteiger partial charge on any atom is 0.242 e. The maximum atomic E-state index is 13.6. The number of amides is 2. The van der Waals surface area contributed by atoms with E-state index in [1.165, 1.54) is 10.6 Å². The topological polar surface area (TPSA) is 96.0 Å². The van der Waals surface area contributed by atoms with Crippen LogP contribution in [0.4, 0.5) is 5.69 Å². The van der Waals surface area contributed by atoms with E-state index in [9.17, 15) is 18.0 Å². The second-order valence-corrected chi connectivity index (χ2v) is 12.1. The number of rotatable bonds is 14. The quantitative estimate of drug-likeness (QED) is 0.379. The number of carbonyl (C=O) groups excluding carboxylic acids is 2. The smallest absolute Gasteiger partial charge is 0.242 e. The molecule has 0 aliphatic carbocycles. The predicted octanol–water partition coefficient (Wildman–Crippen LogP) is 4.44. The van der Waals surface area contributed by atoms with Crippen molar-refractivity contribution in [3.8, 4) is 5.75 Å². The molecule has 2 aromatic carbocycles. The first kappa shape index (κ1) is 31.1. The number of carbonyl (C=O) groups is 2. The molecule has 0 fully saturated rings. The van der Waals surface area contributed by atoms with Gasteiger partial charge in [-0.1, -0.05) is 39.0 Å². The van der Waals surface area contributed by atoms with Crippen LogP contribution in [0.2, 0.25) is 0 Å². The minimum absolute atomic E-state index is 0.106. The minimum atomic E-state index is -3.54. The van der Waals surface area contributed by atoms with Crippen LogP contribution in [-0.4, -0.2) is 57.6 Å². The summed E-state index contributed by atoms with van der Waals surface area (Å²) in [6, 6.07) is 12.3. The Balaban J connectivity index is 2.25. The van der Waals surface area contributed by atoms with E-state index in [0.29, 0.717) is 30.8 Å². The highest BCUT2D eigenvalue weighted by Crippen LogP contribution is 2.23. The number of ether oxygens (including phenoxy) is 1. The number of anilines is 1. The molecule has 210 valence electrons. The van der Waals surface area contributed by atoms with Crippen molar-refractivity contribution >= 4 is 27.5 Å². The fourth-order valence-corrected chi connectivity index (χ4v) is 5.15. The minimum Gasteiger partial charge on any atom is -0.497 e. The number of aryl methyl sites for hydroxylation is 2. The number of benzene rings is 2. The van der Waals surface area contributed by atoms with Crippen LogP contribution in [0.25, 0.3) is 0 Å². The molecule has 38 heavy (non-hydrogen) atoms. The van der Waals surface area contributed by atoms with Crippen LogP contribution in [0, 0.1) is 19.8 Å². The second kappa shape index (κ2) is 14.2. The molecule has 2 amide bonds. The van der Waals surface area contributed by atoms with Gasteiger partial charge in [0.05, 0.1) is 19.1 Å². The van der Waals surface area contributed by atoms with Gasteiger partial charge in [0, 0.05) is 26.1 Å². The zero-order chi connectivity index (χ0) is 28.5. The SMILES string of the molecule is CC[C@@H](C(=O)NCC(C)C)N(Cc1cccc(OC)c1)C(=O)CCCN(c1ccc(C)c(C)c1)S(C)(=O)=O. The van der Waals surface area contributed by atoms with E-state index in [1.54, 1.807) is 18.1 Å². The normalized spacial score (nSPS) is 12.2. The molecule has 1 N–H and O–H groups in total. The van der Waals surface area contributed by atoms with Crippen LogP contribution in [0.3, 0.4) is 0 Å². The number of hydrogen-bond donors (Lipinski definition) is 1. The Hall–Kier alpha value is -3.07. The summed E-state index contributed by atoms with van der Waals surface area (Å²) >= 11 is 0. The molecule has 0 unspecified atom stereocenters. The number of sulfonamides is 1. The van der Waals surface area contributed by atoms with Gasteiger partial charge in [0.25, 0.3) is 0 Å². The Labute approximate surface area is 228 Å². The summed E-state index contributed by atoms with van der Waals surface area (Å²) < 4.78 is 31.8. The summed E-state index contributed by atoms with van der Waals surface area (Å²) in [4.78, 5) is 28.2. The fraction of sp³-hybridized carbons (Fsp3) is 0.517. The molecule has 0 aliphatic rings. The van der Waals surface area contributed by atoms with Gasteiger partial charge in [0.2, 0.25) is 21.8 Å². The lowest BCUT2D eigenvalue weighted by Crippen LogP contribution is -2.49. The largest absolute Gasteiger partial charge is 0.497 e. The number of methoxy groups -OCH3 is 1. The molecule has 0 saturated heterocycles. The molecule has 8 nitrogen and oxygen atoms in total. The van der Waals surface area contributed by atoms with E-state index in [4.69, 9.17) is 4.74 Å². The maximum absolute atomic E-state index is 13.6. The zero-order valence-electron chi connectivity index (χ0n) is 23.8. The van der Waals surface area contributed by atoms with E-state index >= 15 is 0 Å². The van der Waals surface area contributed by atoms with E-state index in [-0.39, 0.29) is 37.2 Å². The van der Waals surface area contributed by atoms with E-state index in [1.807, 2.05) is 71.0 Å². The van der Waals surface area contributed by atoms with Crippen molar-refractivity contribution in [3.05, 3.63) is 59.2 Å². The van der Waals surface area contributed by atoms with Crippen molar-refractivity contribution in [3.63, 3.8) is 0 Å². The highest BCUT2D eigenvalue weighted by atomic mass is 32.2. The number of hydrogen-bond acceptors (Lipinski definition) is 5. The molecule has 0 bridgehead atoms. The Kier molecular flexibility index (Phi) is 11.6. The van der Waals surface area contributed by atoms with Crippen molar-refractivity contribution in [2.75, 3.05) is 30.8 Å². The summed E-state index contributed by atoms with van der Waals surface area (Å²) in [6.07, 6.45) is 2.05. The third-order valence-corrected chi connectivity index (χ3v) is 7.68. The molecule has 0 radical (unpaired) electrons. The van der Waals surface area contributed by atoms with Gasteiger partial charge in [-0.2, -0.15) is 0 Å². The van der Waals surface area contributed by atoms with Crippen LogP contribution in [-0.2, 0) is 26.2 Å². The molecule has 0 aromatic heterocycles. The zero-order valence-corrected chi connectivity index (χ0v) is 24.6. The van der Waals surface area contributed by atoms with Crippen molar-refractivity contribution < 1.29 is 22.7 Å². The lowest BCUT2D eigenvalue weighted by molar-refractivity contribution is -0.141. The lowest BCUT2D eigenvalue weighted by Gasteiger charge is -2.31. The molecule has 0 heterocycles. The van der Waals surface area contributed by atoms with Gasteiger partial charge in [-0.25, -0.2) is 8.42 Å². The molecule has 0 spiro atoms. The predicted molar refractivity (Wildman–Crippen MR) is 153 cm³/mol.